The van der Waals surface area contributed by atoms with Gasteiger partial charge in [0.2, 0.25) is 0 Å². The Bertz CT molecular complexity index is 866. The lowest BCUT2D eigenvalue weighted by Gasteiger charge is -2.20. The van der Waals surface area contributed by atoms with Crippen molar-refractivity contribution in [3.63, 3.8) is 0 Å². The van der Waals surface area contributed by atoms with Gasteiger partial charge in [-0.3, -0.25) is 9.59 Å². The number of hydrogen-bond donors (Lipinski definition) is 2. The SMILES string of the molecule is CCCOc1ccc(/C=N/NC(=O)C(NC(=O)c2ccccc2)C(C)C)cc1OC. The maximum absolute atomic E-state index is 12.6. The third-order valence-corrected chi connectivity index (χ3v) is 4.31. The number of carbonyl (C=O) groups is 2. The minimum absolute atomic E-state index is 0.108. The molecule has 1 unspecified atom stereocenters. The molecule has 2 aromatic carbocycles. The van der Waals surface area contributed by atoms with E-state index in [1.165, 1.54) is 6.21 Å². The fourth-order valence-electron chi connectivity index (χ4n) is 2.68. The van der Waals surface area contributed by atoms with E-state index in [4.69, 9.17) is 9.47 Å². The van der Waals surface area contributed by atoms with Crippen LogP contribution >= 0.6 is 0 Å². The fraction of sp³-hybridized carbons (Fsp3) is 0.348. The van der Waals surface area contributed by atoms with E-state index in [0.29, 0.717) is 23.7 Å². The van der Waals surface area contributed by atoms with E-state index in [-0.39, 0.29) is 17.7 Å². The number of ether oxygens (including phenoxy) is 2. The van der Waals surface area contributed by atoms with Crippen LogP contribution in [0, 0.1) is 5.92 Å². The summed E-state index contributed by atoms with van der Waals surface area (Å²) in [6.07, 6.45) is 2.41. The highest BCUT2D eigenvalue weighted by atomic mass is 16.5. The molecule has 0 aliphatic rings. The Labute approximate surface area is 177 Å². The van der Waals surface area contributed by atoms with Gasteiger partial charge in [-0.25, -0.2) is 5.43 Å². The highest BCUT2D eigenvalue weighted by Crippen LogP contribution is 2.27. The van der Waals surface area contributed by atoms with Gasteiger partial charge < -0.3 is 14.8 Å². The third-order valence-electron chi connectivity index (χ3n) is 4.31. The molecule has 0 spiro atoms. The number of nitrogens with zero attached hydrogens (tertiary/aromatic N) is 1. The lowest BCUT2D eigenvalue weighted by atomic mass is 10.0. The van der Waals surface area contributed by atoms with Crippen LogP contribution in [0.2, 0.25) is 0 Å². The molecule has 0 aliphatic carbocycles. The van der Waals surface area contributed by atoms with Gasteiger partial charge in [0.1, 0.15) is 6.04 Å². The summed E-state index contributed by atoms with van der Waals surface area (Å²) in [5.74, 6) is 0.446. The summed E-state index contributed by atoms with van der Waals surface area (Å²) >= 11 is 0. The smallest absolute Gasteiger partial charge is 0.262 e. The topological polar surface area (TPSA) is 89.0 Å². The molecule has 0 saturated carbocycles. The molecule has 0 aliphatic heterocycles. The molecule has 2 N–H and O–H groups in total. The first kappa shape index (κ1) is 22.9. The minimum atomic E-state index is -0.714. The first-order valence-corrected chi connectivity index (χ1v) is 9.96. The molecule has 2 rings (SSSR count). The molecule has 0 fully saturated rings. The molecule has 30 heavy (non-hydrogen) atoms. The summed E-state index contributed by atoms with van der Waals surface area (Å²) in [7, 11) is 1.57. The van der Waals surface area contributed by atoms with Crippen molar-refractivity contribution >= 4 is 18.0 Å². The zero-order valence-corrected chi connectivity index (χ0v) is 17.8. The van der Waals surface area contributed by atoms with Crippen molar-refractivity contribution < 1.29 is 19.1 Å². The van der Waals surface area contributed by atoms with Gasteiger partial charge in [-0.2, -0.15) is 5.10 Å². The fourth-order valence-corrected chi connectivity index (χ4v) is 2.68. The second kappa shape index (κ2) is 11.6. The van der Waals surface area contributed by atoms with Crippen LogP contribution < -0.4 is 20.2 Å². The van der Waals surface area contributed by atoms with E-state index < -0.39 is 6.04 Å². The first-order valence-electron chi connectivity index (χ1n) is 9.96. The molecular formula is C23H29N3O4. The van der Waals surface area contributed by atoms with Crippen molar-refractivity contribution in [2.24, 2.45) is 11.0 Å². The zero-order chi connectivity index (χ0) is 21.9. The van der Waals surface area contributed by atoms with Crippen molar-refractivity contribution in [2.45, 2.75) is 33.2 Å². The Hall–Kier alpha value is -3.35. The Morgan fingerprint density at radius 1 is 1.10 bits per heavy atom. The van der Waals surface area contributed by atoms with E-state index in [2.05, 4.69) is 15.8 Å². The predicted molar refractivity (Wildman–Crippen MR) is 117 cm³/mol. The standard InChI is InChI=1S/C23H29N3O4/c1-5-13-30-19-12-11-17(14-20(19)29-4)15-24-26-23(28)21(16(2)3)25-22(27)18-9-7-6-8-10-18/h6-12,14-16,21H,5,13H2,1-4H3,(H,25,27)(H,26,28)/b24-15+. The summed E-state index contributed by atoms with van der Waals surface area (Å²) in [5, 5.41) is 6.78. The van der Waals surface area contributed by atoms with Crippen LogP contribution in [0.25, 0.3) is 0 Å². The van der Waals surface area contributed by atoms with Crippen LogP contribution in [0.5, 0.6) is 11.5 Å². The van der Waals surface area contributed by atoms with Gasteiger partial charge in [0.25, 0.3) is 11.8 Å². The molecule has 0 radical (unpaired) electrons. The van der Waals surface area contributed by atoms with Crippen LogP contribution in [-0.2, 0) is 4.79 Å². The number of hydrazone groups is 1. The summed E-state index contributed by atoms with van der Waals surface area (Å²) in [4.78, 5) is 24.9. The first-order chi connectivity index (χ1) is 14.5. The van der Waals surface area contributed by atoms with Gasteiger partial charge in [0, 0.05) is 5.56 Å². The lowest BCUT2D eigenvalue weighted by molar-refractivity contribution is -0.123. The van der Waals surface area contributed by atoms with Crippen molar-refractivity contribution in [1.82, 2.24) is 10.7 Å². The van der Waals surface area contributed by atoms with Gasteiger partial charge in [-0.05, 0) is 48.2 Å². The molecular weight excluding hydrogens is 382 g/mol. The van der Waals surface area contributed by atoms with Crippen LogP contribution in [-0.4, -0.2) is 37.8 Å². The Morgan fingerprint density at radius 3 is 2.47 bits per heavy atom. The monoisotopic (exact) mass is 411 g/mol. The summed E-state index contributed by atoms with van der Waals surface area (Å²) < 4.78 is 11.0. The molecule has 0 heterocycles. The van der Waals surface area contributed by atoms with Gasteiger partial charge in [0.05, 0.1) is 19.9 Å². The second-order valence-corrected chi connectivity index (χ2v) is 7.05. The molecule has 160 valence electrons. The molecule has 0 aromatic heterocycles. The van der Waals surface area contributed by atoms with Gasteiger partial charge in [-0.1, -0.05) is 39.0 Å². The van der Waals surface area contributed by atoms with Crippen LogP contribution in [0.1, 0.15) is 43.1 Å². The minimum Gasteiger partial charge on any atom is -0.493 e. The Morgan fingerprint density at radius 2 is 1.83 bits per heavy atom. The molecule has 2 aromatic rings. The van der Waals surface area contributed by atoms with E-state index in [0.717, 1.165) is 12.0 Å². The lowest BCUT2D eigenvalue weighted by Crippen LogP contribution is -2.48. The number of rotatable bonds is 10. The van der Waals surface area contributed by atoms with Crippen LogP contribution in [0.4, 0.5) is 0 Å². The van der Waals surface area contributed by atoms with E-state index >= 15 is 0 Å². The Balaban J connectivity index is 2.01. The number of amides is 2. The summed E-state index contributed by atoms with van der Waals surface area (Å²) in [6.45, 7) is 6.35. The molecule has 7 heteroatoms. The van der Waals surface area contributed by atoms with E-state index in [1.54, 1.807) is 43.5 Å². The second-order valence-electron chi connectivity index (χ2n) is 7.05. The molecule has 2 amide bonds. The van der Waals surface area contributed by atoms with Crippen molar-refractivity contribution in [1.29, 1.82) is 0 Å². The average molecular weight is 412 g/mol. The normalized spacial score (nSPS) is 11.9. The van der Waals surface area contributed by atoms with E-state index in [1.807, 2.05) is 32.9 Å². The quantitative estimate of drug-likeness (QED) is 0.463. The average Bonchev–Trinajstić information content (AvgIpc) is 2.76. The number of benzene rings is 2. The maximum atomic E-state index is 12.6. The van der Waals surface area contributed by atoms with Crippen molar-refractivity contribution in [3.05, 3.63) is 59.7 Å². The largest absolute Gasteiger partial charge is 0.493 e. The number of nitrogens with one attached hydrogen (secondary N) is 2. The third kappa shape index (κ3) is 6.62. The Kier molecular flexibility index (Phi) is 8.87. The van der Waals surface area contributed by atoms with Gasteiger partial charge in [0.15, 0.2) is 11.5 Å². The van der Waals surface area contributed by atoms with Gasteiger partial charge >= 0.3 is 0 Å². The van der Waals surface area contributed by atoms with Crippen LogP contribution in [0.3, 0.4) is 0 Å². The molecule has 7 nitrogen and oxygen atoms in total. The molecule has 0 saturated heterocycles. The van der Waals surface area contributed by atoms with Crippen molar-refractivity contribution in [3.8, 4) is 11.5 Å². The van der Waals surface area contributed by atoms with Gasteiger partial charge in [-0.15, -0.1) is 0 Å². The zero-order valence-electron chi connectivity index (χ0n) is 17.8. The van der Waals surface area contributed by atoms with Crippen molar-refractivity contribution in [2.75, 3.05) is 13.7 Å². The summed E-state index contributed by atoms with van der Waals surface area (Å²) in [6, 6.07) is 13.5. The highest BCUT2D eigenvalue weighted by molar-refractivity contribution is 5.97. The molecule has 0 bridgehead atoms. The van der Waals surface area contributed by atoms with Crippen LogP contribution in [0.15, 0.2) is 53.6 Å². The number of hydrogen-bond acceptors (Lipinski definition) is 5. The maximum Gasteiger partial charge on any atom is 0.262 e. The number of carbonyl (C=O) groups excluding carboxylic acids is 2. The highest BCUT2D eigenvalue weighted by Gasteiger charge is 2.24. The molecule has 1 atom stereocenters. The summed E-state index contributed by atoms with van der Waals surface area (Å²) in [5.41, 5.74) is 3.74. The van der Waals surface area contributed by atoms with E-state index in [9.17, 15) is 9.59 Å². The number of methoxy groups -OCH3 is 1. The predicted octanol–water partition coefficient (Wildman–Crippen LogP) is 3.39.